The predicted octanol–water partition coefficient (Wildman–Crippen LogP) is 1.98. The fraction of sp³-hybridized carbons (Fsp3) is 0.235. The Morgan fingerprint density at radius 3 is 0.917 bits per heavy atom. The number of rotatable bonds is 5. The van der Waals surface area contributed by atoms with Gasteiger partial charge in [-0.3, -0.25) is 0 Å². The molecule has 0 saturated heterocycles. The van der Waals surface area contributed by atoms with E-state index in [0.717, 1.165) is 13.0 Å². The highest BCUT2D eigenvalue weighted by Crippen LogP contribution is 2.10. The Labute approximate surface area is 217 Å². The molecule has 0 spiro atoms. The second-order valence-corrected chi connectivity index (χ2v) is 5.60. The van der Waals surface area contributed by atoms with Gasteiger partial charge in [0, 0.05) is 67.5 Å². The summed E-state index contributed by atoms with van der Waals surface area (Å²) in [6.45, 7) is 5.03. The van der Waals surface area contributed by atoms with Crippen LogP contribution in [0.2, 0.25) is 0 Å². The molecule has 0 aliphatic carbocycles. The molecule has 0 aliphatic rings. The topological polar surface area (TPSA) is 18.5 Å². The first-order chi connectivity index (χ1) is 17.7. The van der Waals surface area contributed by atoms with Crippen LogP contribution in [0.4, 0.5) is 0 Å². The van der Waals surface area contributed by atoms with Gasteiger partial charge >= 0.3 is 0 Å². The van der Waals surface area contributed by atoms with Crippen molar-refractivity contribution in [3.8, 4) is 155 Å². The maximum atomic E-state index is 5.18. The average molecular weight is 461 g/mol. The van der Waals surface area contributed by atoms with Crippen LogP contribution in [-0.2, 0) is 9.47 Å². The molecule has 168 valence electrons. The zero-order valence-corrected chi connectivity index (χ0v) is 20.5. The van der Waals surface area contributed by atoms with Crippen LogP contribution in [0.25, 0.3) is 0 Å². The fourth-order valence-electron chi connectivity index (χ4n) is 1.69. The Hall–Kier alpha value is -5.80. The quantitative estimate of drug-likeness (QED) is 0.585. The molecule has 0 N–H and O–H groups in total. The van der Waals surface area contributed by atoms with Crippen molar-refractivity contribution < 1.29 is 9.47 Å². The van der Waals surface area contributed by atoms with Gasteiger partial charge in [-0.15, -0.1) is 12.8 Å². The zero-order chi connectivity index (χ0) is 27.0. The van der Waals surface area contributed by atoms with Gasteiger partial charge in [0.2, 0.25) is 0 Å². The molecule has 0 aromatic rings. The highest BCUT2D eigenvalue weighted by atomic mass is 16.5. The van der Waals surface area contributed by atoms with Gasteiger partial charge in [0.05, 0.1) is 12.7 Å². The summed E-state index contributed by atoms with van der Waals surface area (Å²) in [5.41, 5.74) is 0. The third kappa shape index (κ3) is 26.2. The van der Waals surface area contributed by atoms with Crippen LogP contribution in [0.15, 0.2) is 0 Å². The summed E-state index contributed by atoms with van der Waals surface area (Å²) < 4.78 is 10.2. The summed E-state index contributed by atoms with van der Waals surface area (Å²) in [4.78, 5) is 0. The molecule has 36 heavy (non-hydrogen) atoms. The normalized spacial score (nSPS) is 7.39. The van der Waals surface area contributed by atoms with Gasteiger partial charge in [-0.1, -0.05) is 6.92 Å². The summed E-state index contributed by atoms with van der Waals surface area (Å²) in [6.07, 6.45) is 11.2. The van der Waals surface area contributed by atoms with Crippen molar-refractivity contribution in [2.24, 2.45) is 5.92 Å². The van der Waals surface area contributed by atoms with E-state index >= 15 is 0 Å². The van der Waals surface area contributed by atoms with E-state index in [1.165, 1.54) is 0 Å². The molecule has 0 fully saturated rings. The smallest absolute Gasteiger partial charge is 0.0593 e. The van der Waals surface area contributed by atoms with E-state index in [1.54, 1.807) is 14.2 Å². The summed E-state index contributed by atoms with van der Waals surface area (Å²) in [7, 11) is 3.47. The van der Waals surface area contributed by atoms with Crippen molar-refractivity contribution in [2.45, 2.75) is 26.4 Å². The molecule has 2 atom stereocenters. The lowest BCUT2D eigenvalue weighted by molar-refractivity contribution is 0.0242. The van der Waals surface area contributed by atoms with E-state index in [-0.39, 0.29) is 0 Å². The monoisotopic (exact) mass is 460 g/mol. The van der Waals surface area contributed by atoms with Crippen molar-refractivity contribution in [1.29, 1.82) is 0 Å². The molecule has 2 heteroatoms. The SMILES string of the molecule is C#CC#CC#CC#CC#CC#CC#CC#CC#CC#CC#CC#CC#C.CC[C@@H](COC)[C@H](C)OC. The molecule has 0 aromatic carbocycles. The second-order valence-electron chi connectivity index (χ2n) is 5.60. The van der Waals surface area contributed by atoms with Gasteiger partial charge in [0.1, 0.15) is 0 Å². The van der Waals surface area contributed by atoms with Gasteiger partial charge in [0.25, 0.3) is 0 Å². The van der Waals surface area contributed by atoms with Crippen LogP contribution in [0.1, 0.15) is 20.3 Å². The van der Waals surface area contributed by atoms with Crippen molar-refractivity contribution in [1.82, 2.24) is 0 Å². The van der Waals surface area contributed by atoms with Gasteiger partial charge < -0.3 is 9.47 Å². The number of hydrogen-bond acceptors (Lipinski definition) is 2. The molecule has 0 bridgehead atoms. The number of terminal acetylenes is 2. The molecule has 2 nitrogen and oxygen atoms in total. The summed E-state index contributed by atoms with van der Waals surface area (Å²) >= 11 is 0. The van der Waals surface area contributed by atoms with Crippen molar-refractivity contribution in [3.05, 3.63) is 0 Å². The maximum absolute atomic E-state index is 5.18. The lowest BCUT2D eigenvalue weighted by Crippen LogP contribution is -2.22. The Kier molecular flexibility index (Phi) is 26.3. The van der Waals surface area contributed by atoms with Gasteiger partial charge in [-0.05, 0) is 108 Å². The van der Waals surface area contributed by atoms with Gasteiger partial charge in [0.15, 0.2) is 0 Å². The number of methoxy groups -OCH3 is 2. The minimum Gasteiger partial charge on any atom is -0.384 e. The molecule has 0 radical (unpaired) electrons. The third-order valence-electron chi connectivity index (χ3n) is 3.40. The Morgan fingerprint density at radius 1 is 0.500 bits per heavy atom. The van der Waals surface area contributed by atoms with Crippen LogP contribution >= 0.6 is 0 Å². The highest BCUT2D eigenvalue weighted by Gasteiger charge is 2.13. The average Bonchev–Trinajstić information content (AvgIpc) is 2.90. The molecule has 0 aliphatic heterocycles. The molecular formula is C34H20O2. The van der Waals surface area contributed by atoms with Crippen LogP contribution < -0.4 is 0 Å². The molecule has 0 aromatic heterocycles. The number of ether oxygens (including phenoxy) is 2. The Balaban J connectivity index is 0. The molecular weight excluding hydrogens is 440 g/mol. The summed E-state index contributed by atoms with van der Waals surface area (Å²) in [5.74, 6) is 58.7. The molecule has 0 unspecified atom stereocenters. The first kappa shape index (κ1) is 32.4. The Bertz CT molecular complexity index is 1400. The fourth-order valence-corrected chi connectivity index (χ4v) is 1.69. The van der Waals surface area contributed by atoms with Gasteiger partial charge in [-0.25, -0.2) is 0 Å². The lowest BCUT2D eigenvalue weighted by atomic mass is 10.0. The standard InChI is InChI=1S/C26H2.C8H18O2/c1-3-5-7-9-11-13-15-17-19-21-23-25-26-24-22-20-18-16-14-12-10-8-6-4-2;1-5-8(6-9-3)7(2)10-4/h1-2H;7-8H,5-6H2,1-4H3/t;7-,8-/m.0/s1. The largest absolute Gasteiger partial charge is 0.384 e. The highest BCUT2D eigenvalue weighted by molar-refractivity contribution is 5.47. The van der Waals surface area contributed by atoms with Crippen LogP contribution in [-0.4, -0.2) is 26.9 Å². The lowest BCUT2D eigenvalue weighted by Gasteiger charge is -2.19. The molecule has 0 saturated carbocycles. The third-order valence-corrected chi connectivity index (χ3v) is 3.40. The maximum Gasteiger partial charge on any atom is 0.0593 e. The first-order valence-corrected chi connectivity index (χ1v) is 10.1. The van der Waals surface area contributed by atoms with Crippen molar-refractivity contribution in [2.75, 3.05) is 20.8 Å². The minimum absolute atomic E-state index is 0.310. The minimum atomic E-state index is 0.310. The van der Waals surface area contributed by atoms with Crippen LogP contribution in [0.3, 0.4) is 0 Å². The van der Waals surface area contributed by atoms with Crippen molar-refractivity contribution in [3.63, 3.8) is 0 Å². The summed E-state index contributed by atoms with van der Waals surface area (Å²) in [5, 5.41) is 0. The predicted molar refractivity (Wildman–Crippen MR) is 145 cm³/mol. The van der Waals surface area contributed by atoms with E-state index in [1.807, 2.05) is 0 Å². The van der Waals surface area contributed by atoms with Crippen LogP contribution in [0.5, 0.6) is 0 Å². The van der Waals surface area contributed by atoms with Crippen molar-refractivity contribution >= 4 is 0 Å². The van der Waals surface area contributed by atoms with E-state index in [2.05, 4.69) is 156 Å². The van der Waals surface area contributed by atoms with E-state index in [9.17, 15) is 0 Å². The van der Waals surface area contributed by atoms with E-state index < -0.39 is 0 Å². The first-order valence-electron chi connectivity index (χ1n) is 10.1. The molecule has 0 rings (SSSR count). The summed E-state index contributed by atoms with van der Waals surface area (Å²) in [6, 6.07) is 0. The van der Waals surface area contributed by atoms with Gasteiger partial charge in [-0.2, -0.15) is 0 Å². The van der Waals surface area contributed by atoms with E-state index in [0.29, 0.717) is 12.0 Å². The second kappa shape index (κ2) is 29.2. The molecule has 0 heterocycles. The number of hydrogen-bond donors (Lipinski definition) is 0. The zero-order valence-electron chi connectivity index (χ0n) is 20.5. The van der Waals surface area contributed by atoms with E-state index in [4.69, 9.17) is 22.3 Å². The Morgan fingerprint density at radius 2 is 0.750 bits per heavy atom. The molecule has 0 amide bonds. The van der Waals surface area contributed by atoms with Crippen LogP contribution in [0, 0.1) is 161 Å².